The van der Waals surface area contributed by atoms with Gasteiger partial charge in [0, 0.05) is 23.9 Å². The fourth-order valence-electron chi connectivity index (χ4n) is 1.87. The SMILES string of the molecule is O=C(SCC[C@@H]1CCC[N]1)c1ccccc1. The van der Waals surface area contributed by atoms with Crippen LogP contribution < -0.4 is 5.32 Å². The molecule has 2 rings (SSSR count). The Hall–Kier alpha value is -0.800. The summed E-state index contributed by atoms with van der Waals surface area (Å²) in [6, 6.07) is 9.99. The number of thioether (sulfide) groups is 1. The van der Waals surface area contributed by atoms with Crippen molar-refractivity contribution in [2.75, 3.05) is 12.3 Å². The van der Waals surface area contributed by atoms with Crippen LogP contribution in [0.25, 0.3) is 0 Å². The summed E-state index contributed by atoms with van der Waals surface area (Å²) >= 11 is 1.42. The Morgan fingerprint density at radius 2 is 2.19 bits per heavy atom. The molecule has 0 aliphatic carbocycles. The molecule has 0 unspecified atom stereocenters. The van der Waals surface area contributed by atoms with Gasteiger partial charge < -0.3 is 0 Å². The highest BCUT2D eigenvalue weighted by Crippen LogP contribution is 2.17. The lowest BCUT2D eigenvalue weighted by Gasteiger charge is -2.06. The van der Waals surface area contributed by atoms with E-state index >= 15 is 0 Å². The average molecular weight is 234 g/mol. The third-order valence-electron chi connectivity index (χ3n) is 2.78. The minimum absolute atomic E-state index is 0.179. The first kappa shape index (κ1) is 11.7. The molecule has 0 bridgehead atoms. The van der Waals surface area contributed by atoms with Crippen molar-refractivity contribution in [1.29, 1.82) is 0 Å². The summed E-state index contributed by atoms with van der Waals surface area (Å²) in [5, 5.41) is 4.66. The van der Waals surface area contributed by atoms with E-state index in [0.29, 0.717) is 6.04 Å². The van der Waals surface area contributed by atoms with E-state index in [0.717, 1.165) is 24.3 Å². The molecule has 1 aromatic rings. The molecule has 3 heteroatoms. The molecule has 1 fully saturated rings. The van der Waals surface area contributed by atoms with E-state index in [9.17, 15) is 4.79 Å². The number of benzene rings is 1. The smallest absolute Gasteiger partial charge is 0.219 e. The normalized spacial score (nSPS) is 19.9. The molecule has 1 radical (unpaired) electrons. The summed E-state index contributed by atoms with van der Waals surface area (Å²) in [5.41, 5.74) is 0.802. The van der Waals surface area contributed by atoms with E-state index in [1.807, 2.05) is 30.3 Å². The Morgan fingerprint density at radius 1 is 1.38 bits per heavy atom. The van der Waals surface area contributed by atoms with Crippen molar-refractivity contribution in [2.24, 2.45) is 0 Å². The van der Waals surface area contributed by atoms with Gasteiger partial charge in [-0.2, -0.15) is 0 Å². The standard InChI is InChI=1S/C13H16NOS/c15-13(11-5-2-1-3-6-11)16-10-8-12-7-4-9-14-12/h1-3,5-6,12H,4,7-10H2/t12-/m0/s1. The summed E-state index contributed by atoms with van der Waals surface area (Å²) < 4.78 is 0. The molecule has 1 saturated heterocycles. The maximum absolute atomic E-state index is 11.8. The van der Waals surface area contributed by atoms with Crippen molar-refractivity contribution in [1.82, 2.24) is 5.32 Å². The largest absolute Gasteiger partial charge is 0.282 e. The van der Waals surface area contributed by atoms with E-state index in [1.54, 1.807) is 0 Å². The summed E-state index contributed by atoms with van der Waals surface area (Å²) in [5.74, 6) is 0.891. The molecule has 0 aromatic heterocycles. The predicted molar refractivity (Wildman–Crippen MR) is 67.9 cm³/mol. The van der Waals surface area contributed by atoms with Crippen LogP contribution in [0.2, 0.25) is 0 Å². The third-order valence-corrected chi connectivity index (χ3v) is 3.71. The maximum Gasteiger partial charge on any atom is 0.219 e. The van der Waals surface area contributed by atoms with Crippen LogP contribution in [0, 0.1) is 0 Å². The monoisotopic (exact) mass is 234 g/mol. The second-order valence-electron chi connectivity index (χ2n) is 3.99. The molecular formula is C13H16NOS. The number of hydrogen-bond donors (Lipinski definition) is 0. The van der Waals surface area contributed by atoms with Crippen molar-refractivity contribution < 1.29 is 4.79 Å². The van der Waals surface area contributed by atoms with E-state index < -0.39 is 0 Å². The zero-order chi connectivity index (χ0) is 11.2. The van der Waals surface area contributed by atoms with E-state index in [1.165, 1.54) is 24.6 Å². The molecule has 0 N–H and O–H groups in total. The van der Waals surface area contributed by atoms with Crippen LogP contribution in [-0.4, -0.2) is 23.5 Å². The fourth-order valence-corrected chi connectivity index (χ4v) is 2.75. The topological polar surface area (TPSA) is 31.2 Å². The van der Waals surface area contributed by atoms with Gasteiger partial charge in [0.2, 0.25) is 5.12 Å². The Balaban J connectivity index is 1.71. The molecule has 1 aliphatic rings. The van der Waals surface area contributed by atoms with Gasteiger partial charge in [0.1, 0.15) is 0 Å². The number of carbonyl (C=O) groups is 1. The average Bonchev–Trinajstić information content (AvgIpc) is 2.83. The quantitative estimate of drug-likeness (QED) is 0.802. The minimum atomic E-state index is 0.179. The lowest BCUT2D eigenvalue weighted by molar-refractivity contribution is 0.108. The van der Waals surface area contributed by atoms with Crippen molar-refractivity contribution in [3.63, 3.8) is 0 Å². The molecular weight excluding hydrogens is 218 g/mol. The zero-order valence-corrected chi connectivity index (χ0v) is 10.1. The molecule has 0 spiro atoms. The van der Waals surface area contributed by atoms with Crippen molar-refractivity contribution >= 4 is 16.9 Å². The highest BCUT2D eigenvalue weighted by Gasteiger charge is 2.15. The Bertz CT molecular complexity index is 333. The number of nitrogens with zero attached hydrogens (tertiary/aromatic N) is 1. The van der Waals surface area contributed by atoms with Crippen LogP contribution in [0.1, 0.15) is 29.6 Å². The van der Waals surface area contributed by atoms with E-state index in [2.05, 4.69) is 5.32 Å². The summed E-state index contributed by atoms with van der Waals surface area (Å²) in [7, 11) is 0. The lowest BCUT2D eigenvalue weighted by atomic mass is 10.2. The minimum Gasteiger partial charge on any atom is -0.282 e. The first-order chi connectivity index (χ1) is 7.86. The van der Waals surface area contributed by atoms with Crippen LogP contribution in [0.4, 0.5) is 0 Å². The first-order valence-electron chi connectivity index (χ1n) is 5.75. The van der Waals surface area contributed by atoms with Gasteiger partial charge in [-0.25, -0.2) is 5.32 Å². The highest BCUT2D eigenvalue weighted by atomic mass is 32.2. The zero-order valence-electron chi connectivity index (χ0n) is 9.26. The Labute approximate surface area is 101 Å². The van der Waals surface area contributed by atoms with Crippen molar-refractivity contribution in [3.8, 4) is 0 Å². The molecule has 0 saturated carbocycles. The summed E-state index contributed by atoms with van der Waals surface area (Å²) in [6.07, 6.45) is 3.48. The van der Waals surface area contributed by atoms with Crippen LogP contribution in [-0.2, 0) is 0 Å². The molecule has 16 heavy (non-hydrogen) atoms. The molecule has 0 amide bonds. The van der Waals surface area contributed by atoms with E-state index in [-0.39, 0.29) is 5.12 Å². The summed E-state index contributed by atoms with van der Waals surface area (Å²) in [6.45, 7) is 1.02. The molecule has 1 aliphatic heterocycles. The van der Waals surface area contributed by atoms with Gasteiger partial charge in [-0.05, 0) is 19.3 Å². The first-order valence-corrected chi connectivity index (χ1v) is 6.73. The summed E-state index contributed by atoms with van der Waals surface area (Å²) in [4.78, 5) is 11.8. The van der Waals surface area contributed by atoms with Crippen LogP contribution >= 0.6 is 11.8 Å². The van der Waals surface area contributed by atoms with Gasteiger partial charge in [0.05, 0.1) is 0 Å². The van der Waals surface area contributed by atoms with Gasteiger partial charge in [-0.15, -0.1) is 0 Å². The van der Waals surface area contributed by atoms with Gasteiger partial charge in [-0.3, -0.25) is 4.79 Å². The molecule has 1 heterocycles. The molecule has 1 aromatic carbocycles. The van der Waals surface area contributed by atoms with Gasteiger partial charge in [0.25, 0.3) is 0 Å². The van der Waals surface area contributed by atoms with Crippen LogP contribution in [0.5, 0.6) is 0 Å². The van der Waals surface area contributed by atoms with E-state index in [4.69, 9.17) is 0 Å². The molecule has 1 atom stereocenters. The fraction of sp³-hybridized carbons (Fsp3) is 0.462. The highest BCUT2D eigenvalue weighted by molar-refractivity contribution is 8.14. The van der Waals surface area contributed by atoms with Crippen molar-refractivity contribution in [2.45, 2.75) is 25.3 Å². The van der Waals surface area contributed by atoms with Gasteiger partial charge >= 0.3 is 0 Å². The molecule has 2 nitrogen and oxygen atoms in total. The predicted octanol–water partition coefficient (Wildman–Crippen LogP) is 2.72. The lowest BCUT2D eigenvalue weighted by Crippen LogP contribution is -2.15. The molecule has 85 valence electrons. The third kappa shape index (κ3) is 3.35. The maximum atomic E-state index is 11.8. The van der Waals surface area contributed by atoms with Crippen LogP contribution in [0.3, 0.4) is 0 Å². The number of carbonyl (C=O) groups excluding carboxylic acids is 1. The Morgan fingerprint density at radius 3 is 2.88 bits per heavy atom. The second-order valence-corrected chi connectivity index (χ2v) is 5.06. The Kier molecular flexibility index (Phi) is 4.43. The van der Waals surface area contributed by atoms with Crippen molar-refractivity contribution in [3.05, 3.63) is 35.9 Å². The number of rotatable bonds is 4. The van der Waals surface area contributed by atoms with Crippen LogP contribution in [0.15, 0.2) is 30.3 Å². The second kappa shape index (κ2) is 6.06. The number of hydrogen-bond acceptors (Lipinski definition) is 2. The van der Waals surface area contributed by atoms with Gasteiger partial charge in [-0.1, -0.05) is 42.1 Å². The van der Waals surface area contributed by atoms with Gasteiger partial charge in [0.15, 0.2) is 0 Å².